The standard InChI is InChI=1S/C3H7S.Pb.H/c1-2-3-4;;/h4H,1-3H2;;. The van der Waals surface area contributed by atoms with Gasteiger partial charge in [0.2, 0.25) is 0 Å². The molecule has 0 aliphatic heterocycles. The van der Waals surface area contributed by atoms with E-state index in [1.165, 1.54) is 36.2 Å². The Balaban J connectivity index is 2.19. The van der Waals surface area contributed by atoms with Crippen molar-refractivity contribution in [3.8, 4) is 0 Å². The molecule has 0 bridgehead atoms. The van der Waals surface area contributed by atoms with E-state index in [9.17, 15) is 0 Å². The van der Waals surface area contributed by atoms with Crippen LogP contribution in [0.1, 0.15) is 6.42 Å². The Hall–Kier alpha value is 1.27. The number of hydrogen-bond donors (Lipinski definition) is 1. The fourth-order valence-electron chi connectivity index (χ4n) is 0.0913. The Kier molecular flexibility index (Phi) is 6.61. The summed E-state index contributed by atoms with van der Waals surface area (Å²) >= 11 is 5.21. The number of hydrogen-bond acceptors (Lipinski definition) is 1. The van der Waals surface area contributed by atoms with Crippen molar-refractivity contribution < 1.29 is 0 Å². The summed E-state index contributed by atoms with van der Waals surface area (Å²) < 4.78 is 1.43. The van der Waals surface area contributed by atoms with Gasteiger partial charge in [0.1, 0.15) is 0 Å². The van der Waals surface area contributed by atoms with Crippen LogP contribution >= 0.6 is 12.6 Å². The summed E-state index contributed by atoms with van der Waals surface area (Å²) in [6.07, 6.45) is 1.33. The molecule has 2 radical (unpaired) electrons. The van der Waals surface area contributed by atoms with Crippen LogP contribution in [0, 0.1) is 0 Å². The van der Waals surface area contributed by atoms with Gasteiger partial charge in [-0.25, -0.2) is 0 Å². The Morgan fingerprint density at radius 3 is 2.20 bits per heavy atom. The summed E-state index contributed by atoms with van der Waals surface area (Å²) in [5.41, 5.74) is 0. The predicted octanol–water partition coefficient (Wildman–Crippen LogP) is 0.625. The van der Waals surface area contributed by atoms with E-state index in [2.05, 4.69) is 12.6 Å². The van der Waals surface area contributed by atoms with E-state index in [1.54, 1.807) is 0 Å². The van der Waals surface area contributed by atoms with Crippen LogP contribution in [0.2, 0.25) is 3.98 Å². The van der Waals surface area contributed by atoms with Crippen LogP contribution in [0.5, 0.6) is 0 Å². The van der Waals surface area contributed by atoms with Crippen molar-refractivity contribution in [2.45, 2.75) is 10.4 Å². The molecule has 0 fully saturated rings. The third-order valence-electron chi connectivity index (χ3n) is 0.362. The zero-order chi connectivity index (χ0) is 4.12. The van der Waals surface area contributed by atoms with Gasteiger partial charge in [0, 0.05) is 0 Å². The van der Waals surface area contributed by atoms with Crippen molar-refractivity contribution in [2.24, 2.45) is 0 Å². The second-order valence-electron chi connectivity index (χ2n) is 0.866. The summed E-state index contributed by atoms with van der Waals surface area (Å²) in [5, 5.41) is 0. The predicted molar refractivity (Wildman–Crippen MR) is 30.4 cm³/mol. The molecule has 0 aliphatic carbocycles. The van der Waals surface area contributed by atoms with Gasteiger partial charge < -0.3 is 0 Å². The summed E-state index contributed by atoms with van der Waals surface area (Å²) in [5.74, 6) is 1.08. The molecule has 0 aliphatic rings. The molecular weight excluding hydrogens is 275 g/mol. The van der Waals surface area contributed by atoms with Gasteiger partial charge in [0.05, 0.1) is 0 Å². The molecule has 0 aromatic carbocycles. The zero-order valence-electron chi connectivity index (χ0n) is 3.15. The van der Waals surface area contributed by atoms with Crippen molar-refractivity contribution in [1.82, 2.24) is 0 Å². The summed E-state index contributed by atoms with van der Waals surface area (Å²) in [4.78, 5) is 0. The molecule has 0 nitrogen and oxygen atoms in total. The number of thiol groups is 1. The van der Waals surface area contributed by atoms with E-state index < -0.39 is 0 Å². The van der Waals surface area contributed by atoms with E-state index in [0.29, 0.717) is 0 Å². The van der Waals surface area contributed by atoms with Gasteiger partial charge in [0.25, 0.3) is 0 Å². The molecule has 0 unspecified atom stereocenters. The van der Waals surface area contributed by atoms with Gasteiger partial charge in [-0.3, -0.25) is 0 Å². The molecule has 0 saturated heterocycles. The fourth-order valence-corrected chi connectivity index (χ4v) is 2.40. The van der Waals surface area contributed by atoms with Gasteiger partial charge in [0.15, 0.2) is 0 Å². The van der Waals surface area contributed by atoms with Crippen LogP contribution in [0.4, 0.5) is 0 Å². The van der Waals surface area contributed by atoms with Crippen LogP contribution in [-0.4, -0.2) is 31.5 Å². The Morgan fingerprint density at radius 2 is 2.20 bits per heavy atom. The minimum atomic E-state index is 1.08. The van der Waals surface area contributed by atoms with Gasteiger partial charge in [-0.2, -0.15) is 0 Å². The third kappa shape index (κ3) is 5.27. The summed E-state index contributed by atoms with van der Waals surface area (Å²) in [6, 6.07) is 0. The first-order chi connectivity index (χ1) is 2.41. The molecule has 0 N–H and O–H groups in total. The van der Waals surface area contributed by atoms with Crippen molar-refractivity contribution in [3.63, 3.8) is 0 Å². The topological polar surface area (TPSA) is 0 Å². The van der Waals surface area contributed by atoms with E-state index >= 15 is 0 Å². The molecule has 0 spiro atoms. The zero-order valence-corrected chi connectivity index (χ0v) is 8.53. The number of rotatable bonds is 2. The summed E-state index contributed by atoms with van der Waals surface area (Å²) in [6.45, 7) is 0. The second-order valence-corrected chi connectivity index (χ2v) is 3.56. The maximum atomic E-state index is 4.03. The maximum absolute atomic E-state index is 4.03. The van der Waals surface area contributed by atoms with Gasteiger partial charge >= 0.3 is 54.5 Å². The molecule has 0 rings (SSSR count). The molecule has 30 valence electrons. The van der Waals surface area contributed by atoms with Crippen molar-refractivity contribution >= 4 is 38.4 Å². The minimum absolute atomic E-state index is 1.08. The molecule has 0 aromatic rings. The molecule has 0 saturated carbocycles. The molecule has 0 heterocycles. The first kappa shape index (κ1) is 6.27. The van der Waals surface area contributed by atoms with E-state index in [0.717, 1.165) is 5.75 Å². The first-order valence-electron chi connectivity index (χ1n) is 1.72. The van der Waals surface area contributed by atoms with E-state index in [-0.39, 0.29) is 0 Å². The van der Waals surface area contributed by atoms with Crippen LogP contribution in [0.25, 0.3) is 0 Å². The van der Waals surface area contributed by atoms with Crippen molar-refractivity contribution in [3.05, 3.63) is 0 Å². The first-order valence-corrected chi connectivity index (χ1v) is 5.53. The van der Waals surface area contributed by atoms with Crippen molar-refractivity contribution in [1.29, 1.82) is 0 Å². The van der Waals surface area contributed by atoms with Crippen LogP contribution in [0.3, 0.4) is 0 Å². The quantitative estimate of drug-likeness (QED) is 0.558. The average Bonchev–Trinajstić information content (AvgIpc) is 1.41. The molecule has 0 atom stereocenters. The molecule has 5 heavy (non-hydrogen) atoms. The van der Waals surface area contributed by atoms with Gasteiger partial charge in [-0.1, -0.05) is 0 Å². The Bertz CT molecular complexity index is 14.4. The molecular formula is C3H8PbS. The summed E-state index contributed by atoms with van der Waals surface area (Å²) in [7, 11) is 0. The van der Waals surface area contributed by atoms with E-state index in [4.69, 9.17) is 0 Å². The second kappa shape index (κ2) is 5.27. The Morgan fingerprint density at radius 1 is 1.60 bits per heavy atom. The molecule has 2 heteroatoms. The van der Waals surface area contributed by atoms with Gasteiger partial charge in [-0.05, 0) is 0 Å². The third-order valence-corrected chi connectivity index (χ3v) is 2.27. The van der Waals surface area contributed by atoms with E-state index in [1.807, 2.05) is 0 Å². The van der Waals surface area contributed by atoms with Crippen LogP contribution in [0.15, 0.2) is 0 Å². The van der Waals surface area contributed by atoms with Gasteiger partial charge in [-0.15, -0.1) is 0 Å². The van der Waals surface area contributed by atoms with Crippen LogP contribution < -0.4 is 0 Å². The average molecular weight is 283 g/mol. The SMILES string of the molecule is SCC[CH2][PbH]. The molecule has 0 aromatic heterocycles. The normalized spacial score (nSPS) is 8.40. The molecule has 0 amide bonds. The van der Waals surface area contributed by atoms with Crippen LogP contribution in [-0.2, 0) is 0 Å². The monoisotopic (exact) mass is 284 g/mol. The van der Waals surface area contributed by atoms with Crippen molar-refractivity contribution in [2.75, 3.05) is 5.75 Å². The fraction of sp³-hybridized carbons (Fsp3) is 1.00. The Labute approximate surface area is 54.4 Å².